The third kappa shape index (κ3) is 2.92. The van der Waals surface area contributed by atoms with E-state index < -0.39 is 0 Å². The van der Waals surface area contributed by atoms with Crippen molar-refractivity contribution in [1.82, 2.24) is 10.2 Å². The molecule has 3 N–H and O–H groups in total. The number of amides is 2. The van der Waals surface area contributed by atoms with Gasteiger partial charge in [0.05, 0.1) is 6.54 Å². The normalized spacial score (nSPS) is 16.6. The van der Waals surface area contributed by atoms with Crippen LogP contribution in [0.5, 0.6) is 5.75 Å². The number of carbonyl (C=O) groups is 1. The summed E-state index contributed by atoms with van der Waals surface area (Å²) in [5.74, 6) is 0.798. The van der Waals surface area contributed by atoms with Crippen molar-refractivity contribution in [2.45, 2.75) is 13.0 Å². The first-order chi connectivity index (χ1) is 8.68. The lowest BCUT2D eigenvalue weighted by molar-refractivity contribution is 0.202. The van der Waals surface area contributed by atoms with E-state index in [1.807, 2.05) is 31.2 Å². The first-order valence-corrected chi connectivity index (χ1v) is 6.18. The molecule has 1 aromatic rings. The molecular formula is C13H19N3O2. The molecule has 98 valence electrons. The zero-order chi connectivity index (χ0) is 13.0. The molecule has 1 aromatic carbocycles. The van der Waals surface area contributed by atoms with E-state index >= 15 is 0 Å². The average molecular weight is 249 g/mol. The fraction of sp³-hybridized carbons (Fsp3) is 0.462. The molecule has 1 aliphatic rings. The van der Waals surface area contributed by atoms with Crippen molar-refractivity contribution in [2.24, 2.45) is 5.73 Å². The van der Waals surface area contributed by atoms with Crippen LogP contribution in [0, 0.1) is 0 Å². The Labute approximate surface area is 107 Å². The molecule has 0 aliphatic carbocycles. The number of carbonyl (C=O) groups excluding carboxylic acids is 1. The molecule has 5 nitrogen and oxygen atoms in total. The van der Waals surface area contributed by atoms with Gasteiger partial charge in [0, 0.05) is 24.7 Å². The Morgan fingerprint density at radius 3 is 2.94 bits per heavy atom. The number of hydrogen-bond donors (Lipinski definition) is 2. The highest BCUT2D eigenvalue weighted by molar-refractivity contribution is 5.76. The number of rotatable bonds is 5. The van der Waals surface area contributed by atoms with Gasteiger partial charge in [-0.25, -0.2) is 4.79 Å². The van der Waals surface area contributed by atoms with Crippen molar-refractivity contribution in [2.75, 3.05) is 26.2 Å². The minimum Gasteiger partial charge on any atom is -0.491 e. The van der Waals surface area contributed by atoms with E-state index in [0.717, 1.165) is 24.4 Å². The number of urea groups is 1. The van der Waals surface area contributed by atoms with Gasteiger partial charge in [-0.3, -0.25) is 0 Å². The second-order valence-electron chi connectivity index (χ2n) is 4.39. The van der Waals surface area contributed by atoms with E-state index in [-0.39, 0.29) is 12.1 Å². The van der Waals surface area contributed by atoms with Crippen molar-refractivity contribution < 1.29 is 9.53 Å². The zero-order valence-electron chi connectivity index (χ0n) is 10.6. The predicted octanol–water partition coefficient (Wildman–Crippen LogP) is 1.11. The largest absolute Gasteiger partial charge is 0.491 e. The number of nitrogens with one attached hydrogen (secondary N) is 1. The Hall–Kier alpha value is -1.75. The van der Waals surface area contributed by atoms with Crippen molar-refractivity contribution in [3.63, 3.8) is 0 Å². The number of para-hydroxylation sites is 1. The van der Waals surface area contributed by atoms with Crippen LogP contribution in [-0.2, 0) is 0 Å². The number of benzene rings is 1. The molecule has 0 saturated carbocycles. The molecule has 18 heavy (non-hydrogen) atoms. The maximum Gasteiger partial charge on any atom is 0.317 e. The second kappa shape index (κ2) is 5.73. The van der Waals surface area contributed by atoms with Crippen LogP contribution in [0.3, 0.4) is 0 Å². The summed E-state index contributed by atoms with van der Waals surface area (Å²) in [7, 11) is 0. The molecule has 1 saturated heterocycles. The van der Waals surface area contributed by atoms with Gasteiger partial charge >= 0.3 is 6.03 Å². The van der Waals surface area contributed by atoms with Crippen LogP contribution in [-0.4, -0.2) is 37.2 Å². The van der Waals surface area contributed by atoms with Gasteiger partial charge in [0.25, 0.3) is 0 Å². The van der Waals surface area contributed by atoms with Crippen LogP contribution in [0.2, 0.25) is 0 Å². The topological polar surface area (TPSA) is 67.6 Å². The highest BCUT2D eigenvalue weighted by Crippen LogP contribution is 2.23. The van der Waals surface area contributed by atoms with Crippen LogP contribution < -0.4 is 15.8 Å². The SMILES string of the molecule is C[C@H](N)c1ccccc1OCCN1CCNC1=O. The molecule has 0 aromatic heterocycles. The molecule has 0 spiro atoms. The van der Waals surface area contributed by atoms with Gasteiger partial charge in [-0.1, -0.05) is 18.2 Å². The number of hydrogen-bond acceptors (Lipinski definition) is 3. The molecule has 0 bridgehead atoms. The lowest BCUT2D eigenvalue weighted by Gasteiger charge is -2.17. The van der Waals surface area contributed by atoms with Crippen LogP contribution in [0.4, 0.5) is 4.79 Å². The van der Waals surface area contributed by atoms with Crippen LogP contribution in [0.1, 0.15) is 18.5 Å². The summed E-state index contributed by atoms with van der Waals surface area (Å²) < 4.78 is 5.71. The summed E-state index contributed by atoms with van der Waals surface area (Å²) in [6, 6.07) is 7.66. The first-order valence-electron chi connectivity index (χ1n) is 6.18. The van der Waals surface area contributed by atoms with E-state index in [1.54, 1.807) is 4.90 Å². The molecule has 0 radical (unpaired) electrons. The second-order valence-corrected chi connectivity index (χ2v) is 4.39. The Balaban J connectivity index is 1.88. The van der Waals surface area contributed by atoms with Gasteiger partial charge in [-0.2, -0.15) is 0 Å². The number of ether oxygens (including phenoxy) is 1. The van der Waals surface area contributed by atoms with Crippen molar-refractivity contribution in [1.29, 1.82) is 0 Å². The van der Waals surface area contributed by atoms with E-state index in [9.17, 15) is 4.79 Å². The smallest absolute Gasteiger partial charge is 0.317 e. The summed E-state index contributed by atoms with van der Waals surface area (Å²) in [5, 5.41) is 2.76. The van der Waals surface area contributed by atoms with Gasteiger partial charge in [0.1, 0.15) is 12.4 Å². The summed E-state index contributed by atoms with van der Waals surface area (Å²) in [6.45, 7) is 4.47. The van der Waals surface area contributed by atoms with E-state index in [2.05, 4.69) is 5.32 Å². The maximum atomic E-state index is 11.3. The standard InChI is InChI=1S/C13H19N3O2/c1-10(14)11-4-2-3-5-12(11)18-9-8-16-7-6-15-13(16)17/h2-5,10H,6-9,14H2,1H3,(H,15,17)/t10-/m0/s1. The summed E-state index contributed by atoms with van der Waals surface area (Å²) >= 11 is 0. The average Bonchev–Trinajstić information content (AvgIpc) is 2.76. The lowest BCUT2D eigenvalue weighted by atomic mass is 10.1. The fourth-order valence-corrected chi connectivity index (χ4v) is 1.98. The van der Waals surface area contributed by atoms with Gasteiger partial charge in [0.2, 0.25) is 0 Å². The quantitative estimate of drug-likeness (QED) is 0.821. The third-order valence-corrected chi connectivity index (χ3v) is 2.97. The fourth-order valence-electron chi connectivity index (χ4n) is 1.98. The number of nitrogens with zero attached hydrogens (tertiary/aromatic N) is 1. The Bertz CT molecular complexity index is 420. The minimum absolute atomic E-state index is 0.0147. The van der Waals surface area contributed by atoms with Crippen molar-refractivity contribution >= 4 is 6.03 Å². The summed E-state index contributed by atoms with van der Waals surface area (Å²) in [6.07, 6.45) is 0. The zero-order valence-corrected chi connectivity index (χ0v) is 10.6. The molecule has 2 rings (SSSR count). The van der Waals surface area contributed by atoms with Gasteiger partial charge in [-0.15, -0.1) is 0 Å². The van der Waals surface area contributed by atoms with Crippen LogP contribution in [0.25, 0.3) is 0 Å². The molecule has 0 unspecified atom stereocenters. The highest BCUT2D eigenvalue weighted by Gasteiger charge is 2.18. The molecule has 2 amide bonds. The minimum atomic E-state index is -0.0590. The summed E-state index contributed by atoms with van der Waals surface area (Å²) in [4.78, 5) is 13.1. The Morgan fingerprint density at radius 1 is 1.50 bits per heavy atom. The van der Waals surface area contributed by atoms with Gasteiger partial charge < -0.3 is 20.7 Å². The highest BCUT2D eigenvalue weighted by atomic mass is 16.5. The third-order valence-electron chi connectivity index (χ3n) is 2.97. The predicted molar refractivity (Wildman–Crippen MR) is 69.5 cm³/mol. The van der Waals surface area contributed by atoms with Crippen molar-refractivity contribution in [3.8, 4) is 5.75 Å². The maximum absolute atomic E-state index is 11.3. The Kier molecular flexibility index (Phi) is 4.04. The van der Waals surface area contributed by atoms with E-state index in [1.165, 1.54) is 0 Å². The Morgan fingerprint density at radius 2 is 2.28 bits per heavy atom. The van der Waals surface area contributed by atoms with Crippen LogP contribution in [0.15, 0.2) is 24.3 Å². The van der Waals surface area contributed by atoms with Gasteiger partial charge in [-0.05, 0) is 13.0 Å². The van der Waals surface area contributed by atoms with E-state index in [0.29, 0.717) is 13.2 Å². The molecule has 5 heteroatoms. The molecule has 1 heterocycles. The van der Waals surface area contributed by atoms with E-state index in [4.69, 9.17) is 10.5 Å². The van der Waals surface area contributed by atoms with Crippen molar-refractivity contribution in [3.05, 3.63) is 29.8 Å². The number of nitrogens with two attached hydrogens (primary N) is 1. The first kappa shape index (κ1) is 12.7. The molecule has 1 aliphatic heterocycles. The van der Waals surface area contributed by atoms with Crippen LogP contribution >= 0.6 is 0 Å². The lowest BCUT2D eigenvalue weighted by Crippen LogP contribution is -2.32. The van der Waals surface area contributed by atoms with Gasteiger partial charge in [0.15, 0.2) is 0 Å². The summed E-state index contributed by atoms with van der Waals surface area (Å²) in [5.41, 5.74) is 6.87. The molecule has 1 fully saturated rings. The molecular weight excluding hydrogens is 230 g/mol. The monoisotopic (exact) mass is 249 g/mol. The molecule has 1 atom stereocenters.